The molecule has 0 unspecified atom stereocenters. The largest absolute Gasteiger partial charge is 0.394 e. The number of nitrogens with zero attached hydrogens (tertiary/aromatic N) is 7. The molecule has 1 aliphatic rings. The summed E-state index contributed by atoms with van der Waals surface area (Å²) in [6.07, 6.45) is 8.02. The lowest BCUT2D eigenvalue weighted by Crippen LogP contribution is -2.47. The molecule has 1 fully saturated rings. The minimum Gasteiger partial charge on any atom is -0.394 e. The van der Waals surface area contributed by atoms with Crippen LogP contribution >= 0.6 is 0 Å². The molecule has 10 nitrogen and oxygen atoms in total. The molecule has 3 aromatic rings. The molecule has 0 bridgehead atoms. The maximum Gasteiger partial charge on any atom is 0.225 e. The number of pyridine rings is 1. The van der Waals surface area contributed by atoms with Crippen molar-refractivity contribution in [2.75, 3.05) is 62.0 Å². The molecule has 4 N–H and O–H groups in total. The summed E-state index contributed by atoms with van der Waals surface area (Å²) in [6.45, 7) is 7.34. The second kappa shape index (κ2) is 11.0. The van der Waals surface area contributed by atoms with Gasteiger partial charge in [-0.15, -0.1) is 0 Å². The molecule has 0 aliphatic carbocycles. The van der Waals surface area contributed by atoms with Crippen molar-refractivity contribution in [3.05, 3.63) is 24.7 Å². The summed E-state index contributed by atoms with van der Waals surface area (Å²) in [5, 5.41) is 14.1. The van der Waals surface area contributed by atoms with Gasteiger partial charge in [0, 0.05) is 56.9 Å². The molecule has 11 heteroatoms. The zero-order valence-electron chi connectivity index (χ0n) is 20.4. The Kier molecular flexibility index (Phi) is 7.86. The number of fused-ring (bicyclic) bond motifs is 1. The van der Waals surface area contributed by atoms with Gasteiger partial charge in [0.15, 0.2) is 0 Å². The van der Waals surface area contributed by atoms with Crippen LogP contribution in [0.5, 0.6) is 0 Å². The van der Waals surface area contributed by atoms with Crippen molar-refractivity contribution in [2.45, 2.75) is 38.6 Å². The summed E-state index contributed by atoms with van der Waals surface area (Å²) < 4.78 is 12.6. The molecule has 0 amide bonds. The molecule has 35 heavy (non-hydrogen) atoms. The summed E-state index contributed by atoms with van der Waals surface area (Å²) in [5.74, 6) is 1.35. The number of nitrogen functional groups attached to an aromatic ring is 1. The third-order valence-corrected chi connectivity index (χ3v) is 6.44. The lowest BCUT2D eigenvalue weighted by atomic mass is 9.95. The van der Waals surface area contributed by atoms with Gasteiger partial charge in [0.05, 0.1) is 28.7 Å². The summed E-state index contributed by atoms with van der Waals surface area (Å²) in [7, 11) is 0. The van der Waals surface area contributed by atoms with E-state index in [-0.39, 0.29) is 19.2 Å². The van der Waals surface area contributed by atoms with Gasteiger partial charge in [-0.3, -0.25) is 9.88 Å². The van der Waals surface area contributed by atoms with E-state index < -0.39 is 5.54 Å². The first kappa shape index (κ1) is 24.9. The lowest BCUT2D eigenvalue weighted by Gasteiger charge is -2.34. The van der Waals surface area contributed by atoms with Crippen LogP contribution in [-0.4, -0.2) is 86.5 Å². The fourth-order valence-electron chi connectivity index (χ4n) is 4.24. The molecule has 1 atom stereocenters. The highest BCUT2D eigenvalue weighted by molar-refractivity contribution is 5.91. The summed E-state index contributed by atoms with van der Waals surface area (Å²) in [5.41, 5.74) is 7.57. The average Bonchev–Trinajstić information content (AvgIpc) is 2.88. The molecular weight excluding hydrogens is 449 g/mol. The number of hydrogen-bond donors (Lipinski definition) is 3. The van der Waals surface area contributed by atoms with Crippen LogP contribution in [0, 0.1) is 0 Å². The maximum atomic E-state index is 12.6. The molecule has 0 saturated carbocycles. The molecule has 1 aliphatic heterocycles. The summed E-state index contributed by atoms with van der Waals surface area (Å²) in [6, 6.07) is 1.84. The van der Waals surface area contributed by atoms with Crippen molar-refractivity contribution < 1.29 is 9.50 Å². The van der Waals surface area contributed by atoms with Gasteiger partial charge >= 0.3 is 0 Å². The van der Waals surface area contributed by atoms with Gasteiger partial charge in [0.2, 0.25) is 11.9 Å². The average molecular weight is 484 g/mol. The molecule has 0 radical (unpaired) electrons. The van der Waals surface area contributed by atoms with E-state index >= 15 is 0 Å². The number of nitrogens with two attached hydrogens (primary N) is 1. The van der Waals surface area contributed by atoms with E-state index in [4.69, 9.17) is 5.73 Å². The number of piperazine rings is 1. The molecule has 1 saturated heterocycles. The van der Waals surface area contributed by atoms with Gasteiger partial charge in [0.25, 0.3) is 0 Å². The van der Waals surface area contributed by atoms with Crippen LogP contribution in [0.25, 0.3) is 22.2 Å². The molecule has 4 heterocycles. The zero-order chi connectivity index (χ0) is 24.8. The van der Waals surface area contributed by atoms with Gasteiger partial charge in [-0.05, 0) is 19.4 Å². The fraction of sp³-hybridized carbons (Fsp3) is 0.542. The van der Waals surface area contributed by atoms with Crippen molar-refractivity contribution >= 4 is 28.6 Å². The minimum atomic E-state index is -0.524. The van der Waals surface area contributed by atoms with Crippen molar-refractivity contribution in [2.24, 2.45) is 0 Å². The normalized spacial score (nSPS) is 16.4. The SMILES string of the molecule is CCCC[C@](C)(CO)Nc1nc(N)nc2cc(-c3cnc(N4CCN(CCF)CC4)nc3)ncc12. The summed E-state index contributed by atoms with van der Waals surface area (Å²) >= 11 is 0. The van der Waals surface area contributed by atoms with E-state index in [2.05, 4.69) is 47.0 Å². The quantitative estimate of drug-likeness (QED) is 0.395. The van der Waals surface area contributed by atoms with Crippen molar-refractivity contribution in [3.63, 3.8) is 0 Å². The first-order valence-electron chi connectivity index (χ1n) is 12.1. The van der Waals surface area contributed by atoms with Crippen molar-refractivity contribution in [1.29, 1.82) is 0 Å². The topological polar surface area (TPSA) is 129 Å². The van der Waals surface area contributed by atoms with Gasteiger partial charge in [-0.1, -0.05) is 19.8 Å². The van der Waals surface area contributed by atoms with Gasteiger partial charge in [-0.25, -0.2) is 19.3 Å². The van der Waals surface area contributed by atoms with Crippen LogP contribution in [0.4, 0.5) is 22.1 Å². The molecule has 0 aromatic carbocycles. The van der Waals surface area contributed by atoms with E-state index in [1.165, 1.54) is 0 Å². The Morgan fingerprint density at radius 2 is 1.86 bits per heavy atom. The van der Waals surface area contributed by atoms with Crippen LogP contribution in [0.1, 0.15) is 33.1 Å². The Hall–Kier alpha value is -3.18. The number of alkyl halides is 1. The molecule has 4 rings (SSSR count). The predicted molar refractivity (Wildman–Crippen MR) is 136 cm³/mol. The maximum absolute atomic E-state index is 12.6. The number of aromatic nitrogens is 5. The summed E-state index contributed by atoms with van der Waals surface area (Å²) in [4.78, 5) is 26.7. The highest BCUT2D eigenvalue weighted by atomic mass is 19.1. The first-order chi connectivity index (χ1) is 16.9. The lowest BCUT2D eigenvalue weighted by molar-refractivity contribution is 0.212. The van der Waals surface area contributed by atoms with E-state index in [9.17, 15) is 9.50 Å². The Bertz CT molecular complexity index is 1120. The number of aliphatic hydroxyl groups is 1. The number of nitrogens with one attached hydrogen (secondary N) is 1. The van der Waals surface area contributed by atoms with Gasteiger partial charge < -0.3 is 21.1 Å². The van der Waals surface area contributed by atoms with Crippen LogP contribution in [0.3, 0.4) is 0 Å². The second-order valence-electron chi connectivity index (χ2n) is 9.25. The standard InChI is InChI=1S/C24H34FN9O/c1-3-4-5-24(2,16-35)32-21-18-15-27-19(12-20(18)30-22(26)31-21)17-13-28-23(29-14-17)34-10-8-33(7-6-25)9-11-34/h12-15,35H,3-11,16H2,1-2H3,(H3,26,30,31,32)/t24-/m1/s1. The third kappa shape index (κ3) is 5.91. The fourth-order valence-corrected chi connectivity index (χ4v) is 4.24. The highest BCUT2D eigenvalue weighted by Gasteiger charge is 2.25. The number of hydrogen-bond acceptors (Lipinski definition) is 10. The third-order valence-electron chi connectivity index (χ3n) is 6.44. The van der Waals surface area contributed by atoms with Crippen LogP contribution in [0.2, 0.25) is 0 Å². The monoisotopic (exact) mass is 483 g/mol. The van der Waals surface area contributed by atoms with E-state index in [1.54, 1.807) is 18.6 Å². The van der Waals surface area contributed by atoms with E-state index in [0.29, 0.717) is 29.5 Å². The van der Waals surface area contributed by atoms with Crippen molar-refractivity contribution in [3.8, 4) is 11.3 Å². The molecule has 3 aromatic heterocycles. The molecule has 188 valence electrons. The Labute approximate surface area is 204 Å². The van der Waals surface area contributed by atoms with Crippen LogP contribution in [-0.2, 0) is 0 Å². The predicted octanol–water partition coefficient (Wildman–Crippen LogP) is 2.51. The minimum absolute atomic E-state index is 0.0293. The number of aliphatic hydroxyl groups excluding tert-OH is 1. The van der Waals surface area contributed by atoms with E-state index in [1.807, 2.05) is 13.0 Å². The first-order valence-corrected chi connectivity index (χ1v) is 12.1. The smallest absolute Gasteiger partial charge is 0.225 e. The molecule has 0 spiro atoms. The number of unbranched alkanes of at least 4 members (excludes halogenated alkanes) is 1. The van der Waals surface area contributed by atoms with E-state index in [0.717, 1.165) is 56.4 Å². The second-order valence-corrected chi connectivity index (χ2v) is 9.25. The Morgan fingerprint density at radius 1 is 1.11 bits per heavy atom. The highest BCUT2D eigenvalue weighted by Crippen LogP contribution is 2.28. The zero-order valence-corrected chi connectivity index (χ0v) is 20.4. The number of halogens is 1. The Morgan fingerprint density at radius 3 is 2.51 bits per heavy atom. The van der Waals surface area contributed by atoms with Gasteiger partial charge in [-0.2, -0.15) is 4.98 Å². The van der Waals surface area contributed by atoms with Gasteiger partial charge in [0.1, 0.15) is 12.5 Å². The van der Waals surface area contributed by atoms with Crippen LogP contribution < -0.4 is 16.0 Å². The van der Waals surface area contributed by atoms with Crippen LogP contribution in [0.15, 0.2) is 24.7 Å². The molecular formula is C24H34FN9O. The number of anilines is 3. The van der Waals surface area contributed by atoms with Crippen molar-refractivity contribution in [1.82, 2.24) is 29.8 Å². The number of rotatable bonds is 10. The Balaban J connectivity index is 1.54.